The minimum atomic E-state index is -0.678. The molecule has 0 saturated carbocycles. The topological polar surface area (TPSA) is 58.9 Å². The number of aromatic hydroxyl groups is 1. The van der Waals surface area contributed by atoms with E-state index >= 15 is 0 Å². The van der Waals surface area contributed by atoms with Crippen molar-refractivity contribution in [3.63, 3.8) is 0 Å². The number of ether oxygens (including phenoxy) is 2. The first-order chi connectivity index (χ1) is 6.18. The summed E-state index contributed by atoms with van der Waals surface area (Å²) in [5.41, 5.74) is 0.549. The summed E-state index contributed by atoms with van der Waals surface area (Å²) in [5.74, 6) is 1.07. The molecule has 70 valence electrons. The van der Waals surface area contributed by atoms with E-state index in [9.17, 15) is 10.2 Å². The molecule has 0 radical (unpaired) electrons. The quantitative estimate of drug-likeness (QED) is 0.684. The highest BCUT2D eigenvalue weighted by atomic mass is 16.7. The molecule has 4 nitrogen and oxygen atoms in total. The first-order valence-corrected chi connectivity index (χ1v) is 3.99. The van der Waals surface area contributed by atoms with Gasteiger partial charge in [0, 0.05) is 11.6 Å². The number of benzene rings is 1. The van der Waals surface area contributed by atoms with E-state index in [-0.39, 0.29) is 12.5 Å². The van der Waals surface area contributed by atoms with Crippen LogP contribution >= 0.6 is 0 Å². The van der Waals surface area contributed by atoms with E-state index in [1.807, 2.05) is 0 Å². The second-order valence-electron chi connectivity index (χ2n) is 2.94. The van der Waals surface area contributed by atoms with Gasteiger partial charge in [-0.2, -0.15) is 0 Å². The normalized spacial score (nSPS) is 15.8. The Bertz CT molecular complexity index is 333. The molecule has 13 heavy (non-hydrogen) atoms. The maximum atomic E-state index is 9.37. The third-order valence-electron chi connectivity index (χ3n) is 1.94. The van der Waals surface area contributed by atoms with Crippen LogP contribution in [0.3, 0.4) is 0 Å². The van der Waals surface area contributed by atoms with Gasteiger partial charge in [0.05, 0.1) is 6.10 Å². The first-order valence-electron chi connectivity index (χ1n) is 3.99. The third-order valence-corrected chi connectivity index (χ3v) is 1.94. The van der Waals surface area contributed by atoms with Crippen molar-refractivity contribution in [2.24, 2.45) is 0 Å². The summed E-state index contributed by atoms with van der Waals surface area (Å²) < 4.78 is 10.2. The van der Waals surface area contributed by atoms with Crippen LogP contribution in [-0.2, 0) is 0 Å². The van der Waals surface area contributed by atoms with Gasteiger partial charge in [0.15, 0.2) is 11.5 Å². The van der Waals surface area contributed by atoms with E-state index in [0.717, 1.165) is 0 Å². The van der Waals surface area contributed by atoms with E-state index in [1.54, 1.807) is 6.92 Å². The Hall–Kier alpha value is -1.42. The molecule has 0 saturated heterocycles. The zero-order valence-electron chi connectivity index (χ0n) is 7.15. The molecule has 4 heteroatoms. The zero-order valence-corrected chi connectivity index (χ0v) is 7.15. The first kappa shape index (κ1) is 8.19. The van der Waals surface area contributed by atoms with E-state index in [4.69, 9.17) is 9.47 Å². The van der Waals surface area contributed by atoms with Crippen molar-refractivity contribution in [1.82, 2.24) is 0 Å². The molecule has 0 aliphatic carbocycles. The molecular weight excluding hydrogens is 172 g/mol. The molecule has 1 aliphatic rings. The van der Waals surface area contributed by atoms with Crippen LogP contribution in [-0.4, -0.2) is 17.0 Å². The van der Waals surface area contributed by atoms with Gasteiger partial charge in [-0.1, -0.05) is 0 Å². The van der Waals surface area contributed by atoms with Gasteiger partial charge in [-0.25, -0.2) is 0 Å². The second kappa shape index (κ2) is 2.81. The van der Waals surface area contributed by atoms with Gasteiger partial charge >= 0.3 is 0 Å². The largest absolute Gasteiger partial charge is 0.508 e. The molecular formula is C9H10O4. The summed E-state index contributed by atoms with van der Waals surface area (Å²) in [6.45, 7) is 1.75. The Labute approximate surface area is 75.3 Å². The van der Waals surface area contributed by atoms with Crippen LogP contribution in [0.4, 0.5) is 0 Å². The number of rotatable bonds is 1. The number of fused-ring (bicyclic) bond motifs is 1. The molecule has 1 aromatic carbocycles. The van der Waals surface area contributed by atoms with Crippen molar-refractivity contribution in [3.05, 3.63) is 17.7 Å². The lowest BCUT2D eigenvalue weighted by Gasteiger charge is -2.08. The Morgan fingerprint density at radius 3 is 2.85 bits per heavy atom. The Morgan fingerprint density at radius 1 is 1.38 bits per heavy atom. The van der Waals surface area contributed by atoms with Gasteiger partial charge < -0.3 is 19.7 Å². The molecule has 1 aliphatic heterocycles. The lowest BCUT2D eigenvalue weighted by Crippen LogP contribution is -1.96. The molecule has 1 aromatic rings. The fourth-order valence-electron chi connectivity index (χ4n) is 1.33. The molecule has 1 heterocycles. The number of hydrogen-bond acceptors (Lipinski definition) is 4. The number of aliphatic hydroxyl groups excluding tert-OH is 1. The van der Waals surface area contributed by atoms with Crippen LogP contribution in [0.2, 0.25) is 0 Å². The molecule has 1 atom stereocenters. The fourth-order valence-corrected chi connectivity index (χ4v) is 1.33. The summed E-state index contributed by atoms with van der Waals surface area (Å²) in [7, 11) is 0. The Balaban J connectivity index is 2.55. The van der Waals surface area contributed by atoms with Crippen molar-refractivity contribution >= 4 is 0 Å². The van der Waals surface area contributed by atoms with Crippen molar-refractivity contribution in [2.45, 2.75) is 13.0 Å². The summed E-state index contributed by atoms with van der Waals surface area (Å²) in [6, 6.07) is 2.94. The van der Waals surface area contributed by atoms with E-state index in [0.29, 0.717) is 17.1 Å². The lowest BCUT2D eigenvalue weighted by molar-refractivity contribution is 0.164. The molecule has 2 rings (SSSR count). The van der Waals surface area contributed by atoms with Crippen molar-refractivity contribution in [3.8, 4) is 17.2 Å². The van der Waals surface area contributed by atoms with E-state index in [1.165, 1.54) is 12.1 Å². The lowest BCUT2D eigenvalue weighted by atomic mass is 10.1. The SMILES string of the molecule is CC(O)c1cc(O)cc2c1OCO2. The van der Waals surface area contributed by atoms with E-state index < -0.39 is 6.10 Å². The van der Waals surface area contributed by atoms with Crippen molar-refractivity contribution in [2.75, 3.05) is 6.79 Å². The Kier molecular flexibility index (Phi) is 1.77. The smallest absolute Gasteiger partial charge is 0.231 e. The summed E-state index contributed by atoms with van der Waals surface area (Å²) in [5, 5.41) is 18.6. The predicted octanol–water partition coefficient (Wildman–Crippen LogP) is 1.17. The minimum Gasteiger partial charge on any atom is -0.508 e. The van der Waals surface area contributed by atoms with Gasteiger partial charge in [-0.15, -0.1) is 0 Å². The van der Waals surface area contributed by atoms with Crippen LogP contribution in [0.1, 0.15) is 18.6 Å². The summed E-state index contributed by atoms with van der Waals surface area (Å²) in [6.07, 6.45) is -0.678. The van der Waals surface area contributed by atoms with Crippen LogP contribution in [0.15, 0.2) is 12.1 Å². The highest BCUT2D eigenvalue weighted by Gasteiger charge is 2.21. The number of phenolic OH excluding ortho intramolecular Hbond substituents is 1. The average molecular weight is 182 g/mol. The second-order valence-corrected chi connectivity index (χ2v) is 2.94. The molecule has 0 fully saturated rings. The third kappa shape index (κ3) is 1.29. The maximum absolute atomic E-state index is 9.37. The summed E-state index contributed by atoms with van der Waals surface area (Å²) >= 11 is 0. The van der Waals surface area contributed by atoms with Crippen LogP contribution in [0.5, 0.6) is 17.2 Å². The van der Waals surface area contributed by atoms with Gasteiger partial charge in [-0.3, -0.25) is 0 Å². The zero-order chi connectivity index (χ0) is 9.42. The monoisotopic (exact) mass is 182 g/mol. The highest BCUT2D eigenvalue weighted by molar-refractivity contribution is 5.53. The van der Waals surface area contributed by atoms with Crippen molar-refractivity contribution in [1.29, 1.82) is 0 Å². The molecule has 1 unspecified atom stereocenters. The molecule has 0 bridgehead atoms. The predicted molar refractivity (Wildman–Crippen MR) is 44.9 cm³/mol. The van der Waals surface area contributed by atoms with Gasteiger partial charge in [0.25, 0.3) is 0 Å². The van der Waals surface area contributed by atoms with Gasteiger partial charge in [0.2, 0.25) is 6.79 Å². The number of aliphatic hydroxyl groups is 1. The number of hydrogen-bond donors (Lipinski definition) is 2. The molecule has 0 aromatic heterocycles. The van der Waals surface area contributed by atoms with E-state index in [2.05, 4.69) is 0 Å². The molecule has 2 N–H and O–H groups in total. The fraction of sp³-hybridized carbons (Fsp3) is 0.333. The number of phenols is 1. The summed E-state index contributed by atoms with van der Waals surface area (Å²) in [4.78, 5) is 0. The van der Waals surface area contributed by atoms with Gasteiger partial charge in [0.1, 0.15) is 5.75 Å². The average Bonchev–Trinajstić information content (AvgIpc) is 2.49. The highest BCUT2D eigenvalue weighted by Crippen LogP contribution is 2.41. The minimum absolute atomic E-state index is 0.0696. The maximum Gasteiger partial charge on any atom is 0.231 e. The molecule has 0 spiro atoms. The van der Waals surface area contributed by atoms with Crippen LogP contribution < -0.4 is 9.47 Å². The standard InChI is InChI=1S/C9H10O4/c1-5(10)7-2-6(11)3-8-9(7)13-4-12-8/h2-3,5,10-11H,4H2,1H3. The van der Waals surface area contributed by atoms with Gasteiger partial charge in [-0.05, 0) is 13.0 Å². The Morgan fingerprint density at radius 2 is 2.15 bits per heavy atom. The van der Waals surface area contributed by atoms with Crippen molar-refractivity contribution < 1.29 is 19.7 Å². The van der Waals surface area contributed by atoms with Crippen LogP contribution in [0, 0.1) is 0 Å². The molecule has 0 amide bonds. The van der Waals surface area contributed by atoms with Crippen LogP contribution in [0.25, 0.3) is 0 Å².